The van der Waals surface area contributed by atoms with Gasteiger partial charge in [-0.05, 0) is 30.3 Å². The van der Waals surface area contributed by atoms with Gasteiger partial charge < -0.3 is 26.4 Å². The molecular formula is C14H14N2O4. The van der Waals surface area contributed by atoms with Crippen LogP contribution in [-0.4, -0.2) is 21.2 Å². The molecule has 2 aromatic rings. The van der Waals surface area contributed by atoms with Crippen molar-refractivity contribution in [2.45, 2.75) is 6.54 Å². The number of phenolic OH excluding ortho intramolecular Hbond substituents is 3. The summed E-state index contributed by atoms with van der Waals surface area (Å²) in [6.45, 7) is 0.0464. The van der Waals surface area contributed by atoms with E-state index >= 15 is 0 Å². The summed E-state index contributed by atoms with van der Waals surface area (Å²) in [5.41, 5.74) is 6.47. The van der Waals surface area contributed by atoms with Crippen LogP contribution in [0.3, 0.4) is 0 Å². The van der Waals surface area contributed by atoms with Crippen LogP contribution in [0.2, 0.25) is 0 Å². The third-order valence-electron chi connectivity index (χ3n) is 2.80. The molecule has 0 aromatic heterocycles. The van der Waals surface area contributed by atoms with Gasteiger partial charge in [0.25, 0.3) is 5.91 Å². The molecular weight excluding hydrogens is 260 g/mol. The van der Waals surface area contributed by atoms with Gasteiger partial charge in [0.15, 0.2) is 11.5 Å². The number of phenols is 3. The van der Waals surface area contributed by atoms with Crippen molar-refractivity contribution in [3.8, 4) is 17.2 Å². The Kier molecular flexibility index (Phi) is 3.65. The molecule has 0 spiro atoms. The van der Waals surface area contributed by atoms with Gasteiger partial charge in [-0.3, -0.25) is 4.79 Å². The number of carbonyl (C=O) groups is 1. The molecule has 0 aliphatic carbocycles. The molecule has 104 valence electrons. The Bertz CT molecular complexity index is 656. The molecule has 0 bridgehead atoms. The largest absolute Gasteiger partial charge is 0.508 e. The van der Waals surface area contributed by atoms with E-state index in [9.17, 15) is 20.1 Å². The van der Waals surface area contributed by atoms with Crippen LogP contribution in [-0.2, 0) is 6.54 Å². The fourth-order valence-electron chi connectivity index (χ4n) is 1.73. The molecule has 2 rings (SSSR count). The minimum absolute atomic E-state index is 0.0135. The maximum Gasteiger partial charge on any atom is 0.255 e. The van der Waals surface area contributed by atoms with Crippen molar-refractivity contribution < 1.29 is 20.1 Å². The summed E-state index contributed by atoms with van der Waals surface area (Å²) in [4.78, 5) is 11.9. The number of amides is 1. The van der Waals surface area contributed by atoms with Gasteiger partial charge in [0, 0.05) is 17.8 Å². The SMILES string of the molecule is Nc1ccc(O)c(CNC(=O)c2cccc(O)c2O)c1. The lowest BCUT2D eigenvalue weighted by atomic mass is 10.1. The summed E-state index contributed by atoms with van der Waals surface area (Å²) in [5.74, 6) is -1.41. The average molecular weight is 274 g/mol. The van der Waals surface area contributed by atoms with E-state index in [1.54, 1.807) is 6.07 Å². The summed E-state index contributed by atoms with van der Waals surface area (Å²) in [6, 6.07) is 8.61. The van der Waals surface area contributed by atoms with Crippen LogP contribution in [0.4, 0.5) is 5.69 Å². The quantitative estimate of drug-likeness (QED) is 0.329. The van der Waals surface area contributed by atoms with Gasteiger partial charge in [0.1, 0.15) is 5.75 Å². The van der Waals surface area contributed by atoms with Gasteiger partial charge in [-0.25, -0.2) is 0 Å². The Hall–Kier alpha value is -2.89. The van der Waals surface area contributed by atoms with Crippen molar-refractivity contribution in [2.75, 3.05) is 5.73 Å². The topological polar surface area (TPSA) is 116 Å². The zero-order valence-electron chi connectivity index (χ0n) is 10.5. The summed E-state index contributed by atoms with van der Waals surface area (Å²) in [5, 5.41) is 31.1. The third-order valence-corrected chi connectivity index (χ3v) is 2.80. The van der Waals surface area contributed by atoms with Gasteiger partial charge >= 0.3 is 0 Å². The number of para-hydroxylation sites is 1. The highest BCUT2D eigenvalue weighted by Gasteiger charge is 2.14. The maximum absolute atomic E-state index is 11.9. The average Bonchev–Trinajstić information content (AvgIpc) is 2.42. The van der Waals surface area contributed by atoms with E-state index in [1.807, 2.05) is 0 Å². The van der Waals surface area contributed by atoms with Crippen LogP contribution >= 0.6 is 0 Å². The zero-order chi connectivity index (χ0) is 14.7. The molecule has 0 saturated heterocycles. The second-order valence-corrected chi connectivity index (χ2v) is 4.24. The second kappa shape index (κ2) is 5.40. The number of aromatic hydroxyl groups is 3. The normalized spacial score (nSPS) is 10.2. The molecule has 0 radical (unpaired) electrons. The van der Waals surface area contributed by atoms with E-state index in [2.05, 4.69) is 5.32 Å². The summed E-state index contributed by atoms with van der Waals surface area (Å²) in [6.07, 6.45) is 0. The van der Waals surface area contributed by atoms with Crippen molar-refractivity contribution >= 4 is 11.6 Å². The van der Waals surface area contributed by atoms with Crippen LogP contribution in [0.25, 0.3) is 0 Å². The van der Waals surface area contributed by atoms with E-state index in [1.165, 1.54) is 30.3 Å². The Balaban J connectivity index is 2.13. The smallest absolute Gasteiger partial charge is 0.255 e. The van der Waals surface area contributed by atoms with Crippen LogP contribution in [0.15, 0.2) is 36.4 Å². The van der Waals surface area contributed by atoms with Crippen molar-refractivity contribution in [1.82, 2.24) is 5.32 Å². The van der Waals surface area contributed by atoms with Gasteiger partial charge in [-0.15, -0.1) is 0 Å². The first-order valence-electron chi connectivity index (χ1n) is 5.85. The zero-order valence-corrected chi connectivity index (χ0v) is 10.5. The molecule has 0 aliphatic rings. The Morgan fingerprint density at radius 3 is 2.60 bits per heavy atom. The molecule has 0 atom stereocenters. The Labute approximate surface area is 115 Å². The van der Waals surface area contributed by atoms with Gasteiger partial charge in [0.2, 0.25) is 0 Å². The van der Waals surface area contributed by atoms with Gasteiger partial charge in [0.05, 0.1) is 5.56 Å². The first kappa shape index (κ1) is 13.5. The number of carbonyl (C=O) groups excluding carboxylic acids is 1. The molecule has 6 heteroatoms. The number of nitrogen functional groups attached to an aromatic ring is 1. The van der Waals surface area contributed by atoms with Crippen LogP contribution in [0.1, 0.15) is 15.9 Å². The standard InChI is InChI=1S/C14H14N2O4/c15-9-4-5-11(17)8(6-9)7-16-14(20)10-2-1-3-12(18)13(10)19/h1-6,17-19H,7,15H2,(H,16,20). The first-order chi connectivity index (χ1) is 9.49. The lowest BCUT2D eigenvalue weighted by Crippen LogP contribution is -2.23. The third kappa shape index (κ3) is 2.74. The van der Waals surface area contributed by atoms with Crippen molar-refractivity contribution in [2.24, 2.45) is 0 Å². The number of nitrogens with one attached hydrogen (secondary N) is 1. The highest BCUT2D eigenvalue weighted by atomic mass is 16.3. The van der Waals surface area contributed by atoms with Gasteiger partial charge in [-0.2, -0.15) is 0 Å². The predicted molar refractivity (Wildman–Crippen MR) is 73.5 cm³/mol. The number of hydrogen-bond acceptors (Lipinski definition) is 5. The summed E-state index contributed by atoms with van der Waals surface area (Å²) in [7, 11) is 0. The Morgan fingerprint density at radius 1 is 1.10 bits per heavy atom. The predicted octanol–water partition coefficient (Wildman–Crippen LogP) is 1.32. The molecule has 6 nitrogen and oxygen atoms in total. The van der Waals surface area contributed by atoms with E-state index in [-0.39, 0.29) is 23.6 Å². The molecule has 0 heterocycles. The molecule has 0 aliphatic heterocycles. The summed E-state index contributed by atoms with van der Waals surface area (Å²) >= 11 is 0. The van der Waals surface area contributed by atoms with E-state index in [0.29, 0.717) is 11.3 Å². The second-order valence-electron chi connectivity index (χ2n) is 4.24. The number of hydrogen-bond donors (Lipinski definition) is 5. The molecule has 1 amide bonds. The maximum atomic E-state index is 11.9. The van der Waals surface area contributed by atoms with E-state index in [0.717, 1.165) is 0 Å². The molecule has 2 aromatic carbocycles. The van der Waals surface area contributed by atoms with Crippen LogP contribution < -0.4 is 11.1 Å². The highest BCUT2D eigenvalue weighted by molar-refractivity contribution is 5.97. The molecule has 20 heavy (non-hydrogen) atoms. The number of benzene rings is 2. The molecule has 6 N–H and O–H groups in total. The lowest BCUT2D eigenvalue weighted by Gasteiger charge is -2.09. The summed E-state index contributed by atoms with van der Waals surface area (Å²) < 4.78 is 0. The lowest BCUT2D eigenvalue weighted by molar-refractivity contribution is 0.0947. The minimum Gasteiger partial charge on any atom is -0.508 e. The van der Waals surface area contributed by atoms with Crippen molar-refractivity contribution in [1.29, 1.82) is 0 Å². The van der Waals surface area contributed by atoms with Crippen LogP contribution in [0.5, 0.6) is 17.2 Å². The fraction of sp³-hybridized carbons (Fsp3) is 0.0714. The number of nitrogens with two attached hydrogens (primary N) is 1. The Morgan fingerprint density at radius 2 is 1.85 bits per heavy atom. The molecule has 0 unspecified atom stereocenters. The van der Waals surface area contributed by atoms with Crippen molar-refractivity contribution in [3.05, 3.63) is 47.5 Å². The van der Waals surface area contributed by atoms with E-state index < -0.39 is 11.7 Å². The van der Waals surface area contributed by atoms with E-state index in [4.69, 9.17) is 5.73 Å². The molecule has 0 saturated carbocycles. The molecule has 0 fully saturated rings. The number of anilines is 1. The first-order valence-corrected chi connectivity index (χ1v) is 5.85. The van der Waals surface area contributed by atoms with Gasteiger partial charge in [-0.1, -0.05) is 6.07 Å². The van der Waals surface area contributed by atoms with Crippen molar-refractivity contribution in [3.63, 3.8) is 0 Å². The fourth-order valence-corrected chi connectivity index (χ4v) is 1.73. The number of rotatable bonds is 3. The highest BCUT2D eigenvalue weighted by Crippen LogP contribution is 2.28. The minimum atomic E-state index is -0.569. The van der Waals surface area contributed by atoms with Crippen LogP contribution in [0, 0.1) is 0 Å². The monoisotopic (exact) mass is 274 g/mol.